The average Bonchev–Trinajstić information content (AvgIpc) is 2.96. The standard InChI is InChI=1S/C14H15NS2/c1-15-14-11-6-3-2-5-10(11)9-12(14)17-13-7-4-8-16-13/h2-8,12,14-15H,9H2,1H3. The molecule has 1 heterocycles. The lowest BCUT2D eigenvalue weighted by Gasteiger charge is -2.18. The zero-order valence-electron chi connectivity index (χ0n) is 9.72. The van der Waals surface area contributed by atoms with Gasteiger partial charge >= 0.3 is 0 Å². The number of thioether (sulfide) groups is 1. The molecule has 0 amide bonds. The Bertz CT molecular complexity index is 491. The zero-order valence-corrected chi connectivity index (χ0v) is 11.4. The molecule has 1 aromatic heterocycles. The molecule has 88 valence electrons. The van der Waals surface area contributed by atoms with Crippen molar-refractivity contribution in [1.29, 1.82) is 0 Å². The fourth-order valence-electron chi connectivity index (χ4n) is 2.49. The lowest BCUT2D eigenvalue weighted by Crippen LogP contribution is -2.23. The molecule has 2 aromatic rings. The van der Waals surface area contributed by atoms with Crippen LogP contribution in [0.1, 0.15) is 17.2 Å². The van der Waals surface area contributed by atoms with E-state index in [4.69, 9.17) is 0 Å². The van der Waals surface area contributed by atoms with Crippen molar-refractivity contribution >= 4 is 23.1 Å². The fourth-order valence-corrected chi connectivity index (χ4v) is 4.83. The van der Waals surface area contributed by atoms with Gasteiger partial charge in [0.25, 0.3) is 0 Å². The summed E-state index contributed by atoms with van der Waals surface area (Å²) in [7, 11) is 2.06. The molecule has 1 aromatic carbocycles. The van der Waals surface area contributed by atoms with E-state index in [2.05, 4.69) is 54.1 Å². The molecule has 1 aliphatic rings. The molecule has 1 N–H and O–H groups in total. The molecule has 1 aliphatic carbocycles. The van der Waals surface area contributed by atoms with Crippen molar-refractivity contribution in [2.75, 3.05) is 7.05 Å². The van der Waals surface area contributed by atoms with Gasteiger partial charge in [0, 0.05) is 11.3 Å². The van der Waals surface area contributed by atoms with E-state index in [0.29, 0.717) is 11.3 Å². The van der Waals surface area contributed by atoms with Gasteiger partial charge in [-0.1, -0.05) is 30.3 Å². The summed E-state index contributed by atoms with van der Waals surface area (Å²) in [6.07, 6.45) is 1.17. The predicted octanol–water partition coefficient (Wildman–Crippen LogP) is 3.73. The van der Waals surface area contributed by atoms with Gasteiger partial charge in [-0.05, 0) is 36.0 Å². The smallest absolute Gasteiger partial charge is 0.0601 e. The first kappa shape index (κ1) is 11.3. The fraction of sp³-hybridized carbons (Fsp3) is 0.286. The average molecular weight is 261 g/mol. The molecule has 2 unspecified atom stereocenters. The van der Waals surface area contributed by atoms with Crippen LogP contribution in [0.4, 0.5) is 0 Å². The summed E-state index contributed by atoms with van der Waals surface area (Å²) in [6.45, 7) is 0. The lowest BCUT2D eigenvalue weighted by molar-refractivity contribution is 0.604. The van der Waals surface area contributed by atoms with Gasteiger partial charge in [-0.25, -0.2) is 0 Å². The Kier molecular flexibility index (Phi) is 3.23. The highest BCUT2D eigenvalue weighted by molar-refractivity contribution is 8.01. The van der Waals surface area contributed by atoms with Crippen molar-refractivity contribution in [3.8, 4) is 0 Å². The molecular weight excluding hydrogens is 246 g/mol. The molecule has 3 rings (SSSR count). The monoisotopic (exact) mass is 261 g/mol. The molecule has 0 aliphatic heterocycles. The first-order valence-electron chi connectivity index (χ1n) is 5.83. The Hall–Kier alpha value is -0.770. The number of fused-ring (bicyclic) bond motifs is 1. The van der Waals surface area contributed by atoms with Crippen molar-refractivity contribution in [2.24, 2.45) is 0 Å². The second-order valence-corrected chi connectivity index (χ2v) is 6.74. The van der Waals surface area contributed by atoms with E-state index in [1.807, 2.05) is 23.1 Å². The summed E-state index contributed by atoms with van der Waals surface area (Å²) in [4.78, 5) is 0. The Balaban J connectivity index is 1.84. The highest BCUT2D eigenvalue weighted by Crippen LogP contribution is 2.42. The Morgan fingerprint density at radius 2 is 2.12 bits per heavy atom. The molecular formula is C14H15NS2. The predicted molar refractivity (Wildman–Crippen MR) is 75.9 cm³/mol. The minimum atomic E-state index is 0.485. The molecule has 0 bridgehead atoms. The van der Waals surface area contributed by atoms with Crippen molar-refractivity contribution in [3.05, 3.63) is 52.9 Å². The van der Waals surface area contributed by atoms with E-state index >= 15 is 0 Å². The third-order valence-electron chi connectivity index (χ3n) is 3.26. The van der Waals surface area contributed by atoms with Crippen LogP contribution in [0.5, 0.6) is 0 Å². The van der Waals surface area contributed by atoms with Crippen LogP contribution in [0.3, 0.4) is 0 Å². The molecule has 1 nitrogen and oxygen atoms in total. The molecule has 0 fully saturated rings. The molecule has 0 radical (unpaired) electrons. The van der Waals surface area contributed by atoms with Crippen LogP contribution in [-0.2, 0) is 6.42 Å². The zero-order chi connectivity index (χ0) is 11.7. The normalized spacial score (nSPS) is 22.6. The molecule has 0 saturated carbocycles. The topological polar surface area (TPSA) is 12.0 Å². The number of benzene rings is 1. The minimum Gasteiger partial charge on any atom is -0.312 e. The van der Waals surface area contributed by atoms with Crippen LogP contribution < -0.4 is 5.32 Å². The van der Waals surface area contributed by atoms with Gasteiger partial charge < -0.3 is 5.32 Å². The number of rotatable bonds is 3. The van der Waals surface area contributed by atoms with Crippen LogP contribution in [-0.4, -0.2) is 12.3 Å². The van der Waals surface area contributed by atoms with Crippen molar-refractivity contribution in [1.82, 2.24) is 5.32 Å². The molecule has 17 heavy (non-hydrogen) atoms. The van der Waals surface area contributed by atoms with Crippen molar-refractivity contribution in [2.45, 2.75) is 21.9 Å². The minimum absolute atomic E-state index is 0.485. The molecule has 0 spiro atoms. The van der Waals surface area contributed by atoms with Gasteiger partial charge in [-0.3, -0.25) is 0 Å². The second kappa shape index (κ2) is 4.84. The van der Waals surface area contributed by atoms with E-state index in [9.17, 15) is 0 Å². The highest BCUT2D eigenvalue weighted by atomic mass is 32.2. The van der Waals surface area contributed by atoms with Crippen LogP contribution in [0.15, 0.2) is 46.0 Å². The van der Waals surface area contributed by atoms with E-state index in [1.165, 1.54) is 21.8 Å². The molecule has 0 saturated heterocycles. The second-order valence-electron chi connectivity index (χ2n) is 4.26. The maximum atomic E-state index is 3.47. The Morgan fingerprint density at radius 3 is 2.88 bits per heavy atom. The number of hydrogen-bond donors (Lipinski definition) is 1. The van der Waals surface area contributed by atoms with Gasteiger partial charge in [0.05, 0.1) is 4.21 Å². The van der Waals surface area contributed by atoms with Crippen LogP contribution in [0, 0.1) is 0 Å². The third kappa shape index (κ3) is 2.15. The summed E-state index contributed by atoms with van der Waals surface area (Å²) in [6, 6.07) is 13.6. The maximum absolute atomic E-state index is 3.47. The van der Waals surface area contributed by atoms with Gasteiger partial charge in [0.1, 0.15) is 0 Å². The highest BCUT2D eigenvalue weighted by Gasteiger charge is 2.31. The summed E-state index contributed by atoms with van der Waals surface area (Å²) in [5, 5.41) is 6.24. The summed E-state index contributed by atoms with van der Waals surface area (Å²) in [5.41, 5.74) is 2.98. The van der Waals surface area contributed by atoms with E-state index < -0.39 is 0 Å². The van der Waals surface area contributed by atoms with E-state index in [0.717, 1.165) is 0 Å². The first-order valence-corrected chi connectivity index (χ1v) is 7.59. The molecule has 2 atom stereocenters. The van der Waals surface area contributed by atoms with Crippen molar-refractivity contribution < 1.29 is 0 Å². The lowest BCUT2D eigenvalue weighted by atomic mass is 10.1. The SMILES string of the molecule is CNC1c2ccccc2CC1Sc1cccs1. The van der Waals surface area contributed by atoms with E-state index in [-0.39, 0.29) is 0 Å². The van der Waals surface area contributed by atoms with Crippen LogP contribution >= 0.6 is 23.1 Å². The summed E-state index contributed by atoms with van der Waals surface area (Å²) < 4.78 is 1.42. The summed E-state index contributed by atoms with van der Waals surface area (Å²) in [5.74, 6) is 0. The van der Waals surface area contributed by atoms with Crippen LogP contribution in [0.25, 0.3) is 0 Å². The van der Waals surface area contributed by atoms with Gasteiger partial charge in [-0.15, -0.1) is 23.1 Å². The maximum Gasteiger partial charge on any atom is 0.0601 e. The Labute approximate surface area is 110 Å². The van der Waals surface area contributed by atoms with Crippen LogP contribution in [0.2, 0.25) is 0 Å². The van der Waals surface area contributed by atoms with E-state index in [1.54, 1.807) is 0 Å². The number of nitrogens with one attached hydrogen (secondary N) is 1. The number of hydrogen-bond acceptors (Lipinski definition) is 3. The van der Waals surface area contributed by atoms with Gasteiger partial charge in [-0.2, -0.15) is 0 Å². The van der Waals surface area contributed by atoms with Gasteiger partial charge in [0.2, 0.25) is 0 Å². The Morgan fingerprint density at radius 1 is 1.24 bits per heavy atom. The van der Waals surface area contributed by atoms with Crippen molar-refractivity contribution in [3.63, 3.8) is 0 Å². The summed E-state index contributed by atoms with van der Waals surface area (Å²) >= 11 is 3.84. The quantitative estimate of drug-likeness (QED) is 0.903. The number of thiophene rings is 1. The largest absolute Gasteiger partial charge is 0.312 e. The third-order valence-corrected chi connectivity index (χ3v) is 5.61. The first-order chi connectivity index (χ1) is 8.38. The molecule has 3 heteroatoms. The van der Waals surface area contributed by atoms with Gasteiger partial charge in [0.15, 0.2) is 0 Å².